The standard InChI is InChI=1S/C20H29NO5/c1-5-25-17-11-10-15(12-18(17)24-4)20(23)26-14(3)19(22)21-16-9-7-6-8-13(16)2/h10-14,16H,5-9H2,1-4H3,(H,21,22)/t13-,14-,16-/m0/s1. The maximum absolute atomic E-state index is 12.4. The van der Waals surface area contributed by atoms with Crippen molar-refractivity contribution in [3.63, 3.8) is 0 Å². The smallest absolute Gasteiger partial charge is 0.339 e. The van der Waals surface area contributed by atoms with E-state index in [4.69, 9.17) is 14.2 Å². The van der Waals surface area contributed by atoms with Gasteiger partial charge in [0.05, 0.1) is 19.3 Å². The predicted octanol–water partition coefficient (Wildman–Crippen LogP) is 3.33. The van der Waals surface area contributed by atoms with Gasteiger partial charge >= 0.3 is 5.97 Å². The molecule has 0 spiro atoms. The number of benzene rings is 1. The van der Waals surface area contributed by atoms with Crippen molar-refractivity contribution >= 4 is 11.9 Å². The quantitative estimate of drug-likeness (QED) is 0.752. The minimum absolute atomic E-state index is 0.156. The summed E-state index contributed by atoms with van der Waals surface area (Å²) in [4.78, 5) is 24.7. The van der Waals surface area contributed by atoms with E-state index in [1.165, 1.54) is 13.5 Å². The lowest BCUT2D eigenvalue weighted by Crippen LogP contribution is -2.45. The summed E-state index contributed by atoms with van der Waals surface area (Å²) in [6.45, 7) is 6.10. The first-order valence-electron chi connectivity index (χ1n) is 9.28. The molecule has 6 heteroatoms. The largest absolute Gasteiger partial charge is 0.493 e. The second-order valence-electron chi connectivity index (χ2n) is 6.72. The number of ether oxygens (including phenoxy) is 3. The Hall–Kier alpha value is -2.24. The molecule has 0 bridgehead atoms. The molecule has 144 valence electrons. The molecule has 0 radical (unpaired) electrons. The number of hydrogen-bond acceptors (Lipinski definition) is 5. The van der Waals surface area contributed by atoms with Crippen molar-refractivity contribution in [2.75, 3.05) is 13.7 Å². The van der Waals surface area contributed by atoms with Gasteiger partial charge in [-0.2, -0.15) is 0 Å². The molecule has 0 aliphatic heterocycles. The lowest BCUT2D eigenvalue weighted by molar-refractivity contribution is -0.130. The van der Waals surface area contributed by atoms with Gasteiger partial charge in [-0.15, -0.1) is 0 Å². The molecule has 2 rings (SSSR count). The predicted molar refractivity (Wildman–Crippen MR) is 98.6 cm³/mol. The lowest BCUT2D eigenvalue weighted by atomic mass is 9.86. The van der Waals surface area contributed by atoms with Gasteiger partial charge in [-0.1, -0.05) is 19.8 Å². The lowest BCUT2D eigenvalue weighted by Gasteiger charge is -2.30. The summed E-state index contributed by atoms with van der Waals surface area (Å²) in [6.07, 6.45) is 3.57. The Bertz CT molecular complexity index is 631. The number of rotatable bonds is 7. The molecule has 0 heterocycles. The van der Waals surface area contributed by atoms with Crippen molar-refractivity contribution in [1.82, 2.24) is 5.32 Å². The summed E-state index contributed by atoms with van der Waals surface area (Å²) in [5, 5.41) is 3.01. The molecule has 26 heavy (non-hydrogen) atoms. The van der Waals surface area contributed by atoms with Crippen LogP contribution in [0.25, 0.3) is 0 Å². The third-order valence-corrected chi connectivity index (χ3v) is 4.79. The van der Waals surface area contributed by atoms with Crippen LogP contribution in [0.4, 0.5) is 0 Å². The Morgan fingerprint density at radius 2 is 1.96 bits per heavy atom. The van der Waals surface area contributed by atoms with Crippen LogP contribution in [0.1, 0.15) is 56.8 Å². The number of carbonyl (C=O) groups excluding carboxylic acids is 2. The van der Waals surface area contributed by atoms with Gasteiger partial charge in [-0.25, -0.2) is 4.79 Å². The molecule has 1 amide bonds. The Morgan fingerprint density at radius 1 is 1.23 bits per heavy atom. The third kappa shape index (κ3) is 5.13. The maximum Gasteiger partial charge on any atom is 0.339 e. The average molecular weight is 363 g/mol. The summed E-state index contributed by atoms with van der Waals surface area (Å²) in [5.74, 6) is 0.643. The Morgan fingerprint density at radius 3 is 2.62 bits per heavy atom. The second-order valence-corrected chi connectivity index (χ2v) is 6.72. The fourth-order valence-corrected chi connectivity index (χ4v) is 3.18. The molecule has 1 fully saturated rings. The van der Waals surface area contributed by atoms with E-state index >= 15 is 0 Å². The maximum atomic E-state index is 12.4. The van der Waals surface area contributed by atoms with Gasteiger partial charge in [-0.3, -0.25) is 4.79 Å². The normalized spacial score (nSPS) is 20.8. The van der Waals surface area contributed by atoms with Crippen LogP contribution in [0.5, 0.6) is 11.5 Å². The molecule has 0 saturated heterocycles. The fraction of sp³-hybridized carbons (Fsp3) is 0.600. The number of hydrogen-bond donors (Lipinski definition) is 1. The van der Waals surface area contributed by atoms with Crippen LogP contribution >= 0.6 is 0 Å². The van der Waals surface area contributed by atoms with Crippen LogP contribution < -0.4 is 14.8 Å². The first-order chi connectivity index (χ1) is 12.5. The van der Waals surface area contributed by atoms with Crippen LogP contribution in [0, 0.1) is 5.92 Å². The van der Waals surface area contributed by atoms with Crippen LogP contribution in [0.15, 0.2) is 18.2 Å². The molecule has 3 atom stereocenters. The van der Waals surface area contributed by atoms with Crippen molar-refractivity contribution < 1.29 is 23.8 Å². The van der Waals surface area contributed by atoms with E-state index in [-0.39, 0.29) is 11.9 Å². The number of carbonyl (C=O) groups is 2. The molecule has 0 unspecified atom stereocenters. The van der Waals surface area contributed by atoms with Crippen molar-refractivity contribution in [1.29, 1.82) is 0 Å². The van der Waals surface area contributed by atoms with E-state index in [0.29, 0.717) is 29.6 Å². The van der Waals surface area contributed by atoms with Gasteiger partial charge in [0.1, 0.15) is 0 Å². The van der Waals surface area contributed by atoms with Gasteiger partial charge < -0.3 is 19.5 Å². The highest BCUT2D eigenvalue weighted by atomic mass is 16.5. The number of esters is 1. The molecule has 1 saturated carbocycles. The second kappa shape index (κ2) is 9.46. The summed E-state index contributed by atoms with van der Waals surface area (Å²) < 4.78 is 16.0. The SMILES string of the molecule is CCOc1ccc(C(=O)O[C@@H](C)C(=O)N[C@H]2CCCC[C@@H]2C)cc1OC. The van der Waals surface area contributed by atoms with Gasteiger partial charge in [0.25, 0.3) is 5.91 Å². The van der Waals surface area contributed by atoms with Gasteiger partial charge in [-0.05, 0) is 50.8 Å². The van der Waals surface area contributed by atoms with E-state index in [2.05, 4.69) is 12.2 Å². The molecule has 1 aliphatic carbocycles. The molecule has 1 aromatic rings. The Balaban J connectivity index is 1.96. The van der Waals surface area contributed by atoms with Crippen LogP contribution in [0.3, 0.4) is 0 Å². The highest BCUT2D eigenvalue weighted by molar-refractivity contribution is 5.92. The molecular formula is C20H29NO5. The minimum Gasteiger partial charge on any atom is -0.493 e. The van der Waals surface area contributed by atoms with E-state index in [1.54, 1.807) is 25.1 Å². The van der Waals surface area contributed by atoms with Crippen LogP contribution in [-0.4, -0.2) is 37.7 Å². The Labute approximate surface area is 155 Å². The van der Waals surface area contributed by atoms with Gasteiger partial charge in [0, 0.05) is 6.04 Å². The van der Waals surface area contributed by atoms with Gasteiger partial charge in [0.2, 0.25) is 0 Å². The van der Waals surface area contributed by atoms with E-state index in [9.17, 15) is 9.59 Å². The van der Waals surface area contributed by atoms with Gasteiger partial charge in [0.15, 0.2) is 17.6 Å². The molecule has 1 N–H and O–H groups in total. The van der Waals surface area contributed by atoms with Crippen LogP contribution in [-0.2, 0) is 9.53 Å². The number of methoxy groups -OCH3 is 1. The topological polar surface area (TPSA) is 73.9 Å². The number of amides is 1. The minimum atomic E-state index is -0.853. The first kappa shape index (κ1) is 20.1. The van der Waals surface area contributed by atoms with Crippen molar-refractivity contribution in [3.05, 3.63) is 23.8 Å². The summed E-state index contributed by atoms with van der Waals surface area (Å²) in [7, 11) is 1.51. The van der Waals surface area contributed by atoms with E-state index in [1.807, 2.05) is 6.92 Å². The summed E-state index contributed by atoms with van der Waals surface area (Å²) in [6, 6.07) is 4.97. The van der Waals surface area contributed by atoms with Crippen molar-refractivity contribution in [2.45, 2.75) is 58.6 Å². The highest BCUT2D eigenvalue weighted by Crippen LogP contribution is 2.28. The summed E-state index contributed by atoms with van der Waals surface area (Å²) in [5.41, 5.74) is 0.316. The highest BCUT2D eigenvalue weighted by Gasteiger charge is 2.26. The number of nitrogens with one attached hydrogen (secondary N) is 1. The van der Waals surface area contributed by atoms with Crippen LogP contribution in [0.2, 0.25) is 0 Å². The molecule has 1 aromatic carbocycles. The fourth-order valence-electron chi connectivity index (χ4n) is 3.18. The zero-order valence-corrected chi connectivity index (χ0v) is 16.0. The zero-order chi connectivity index (χ0) is 19.1. The Kier molecular flexibility index (Phi) is 7.30. The van der Waals surface area contributed by atoms with Crippen molar-refractivity contribution in [3.8, 4) is 11.5 Å². The molecule has 0 aromatic heterocycles. The first-order valence-corrected chi connectivity index (χ1v) is 9.28. The molecule has 1 aliphatic rings. The third-order valence-electron chi connectivity index (χ3n) is 4.79. The summed E-state index contributed by atoms with van der Waals surface area (Å²) >= 11 is 0. The van der Waals surface area contributed by atoms with E-state index in [0.717, 1.165) is 19.3 Å². The monoisotopic (exact) mass is 363 g/mol. The zero-order valence-electron chi connectivity index (χ0n) is 16.0. The molecule has 6 nitrogen and oxygen atoms in total. The molecular weight excluding hydrogens is 334 g/mol. The van der Waals surface area contributed by atoms with Crippen molar-refractivity contribution in [2.24, 2.45) is 5.92 Å². The van der Waals surface area contributed by atoms with E-state index < -0.39 is 12.1 Å². The average Bonchev–Trinajstić information content (AvgIpc) is 2.64.